The number of allylic oxidation sites excluding steroid dienone is 4. The molecule has 1 aromatic rings. The summed E-state index contributed by atoms with van der Waals surface area (Å²) in [6.07, 6.45) is 18.7. The first kappa shape index (κ1) is 21.8. The van der Waals surface area contributed by atoms with Crippen LogP contribution in [0, 0.1) is 17.8 Å². The summed E-state index contributed by atoms with van der Waals surface area (Å²) in [5, 5.41) is 3.37. The number of hydrogen-bond donors (Lipinski definition) is 1. The second-order valence-corrected chi connectivity index (χ2v) is 9.77. The number of fused-ring (bicyclic) bond motifs is 2. The lowest BCUT2D eigenvalue weighted by Gasteiger charge is -2.32. The number of carbonyl (C=O) groups is 2. The highest BCUT2D eigenvalue weighted by Crippen LogP contribution is 2.35. The van der Waals surface area contributed by atoms with E-state index in [0.717, 1.165) is 56.5 Å². The van der Waals surface area contributed by atoms with Crippen molar-refractivity contribution in [3.8, 4) is 0 Å². The van der Waals surface area contributed by atoms with E-state index in [2.05, 4.69) is 33.5 Å². The number of aromatic nitrogens is 1. The first-order chi connectivity index (χ1) is 16.1. The molecule has 2 heterocycles. The van der Waals surface area contributed by atoms with Crippen molar-refractivity contribution in [2.75, 3.05) is 18.9 Å². The molecule has 6 nitrogen and oxygen atoms in total. The Bertz CT molecular complexity index is 1030. The van der Waals surface area contributed by atoms with E-state index >= 15 is 0 Å². The Morgan fingerprint density at radius 1 is 1.12 bits per heavy atom. The lowest BCUT2D eigenvalue weighted by molar-refractivity contribution is -0.138. The van der Waals surface area contributed by atoms with Gasteiger partial charge in [-0.2, -0.15) is 0 Å². The fraction of sp³-hybridized carbons (Fsp3) is 0.481. The summed E-state index contributed by atoms with van der Waals surface area (Å²) in [6.45, 7) is 0.678. The maximum absolute atomic E-state index is 13.1. The minimum absolute atomic E-state index is 0.0256. The number of aliphatic imine (C=N–C) groups is 1. The van der Waals surface area contributed by atoms with E-state index in [9.17, 15) is 9.59 Å². The van der Waals surface area contributed by atoms with Gasteiger partial charge in [-0.15, -0.1) is 0 Å². The third-order valence-electron chi connectivity index (χ3n) is 7.69. The van der Waals surface area contributed by atoms with Crippen LogP contribution >= 0.6 is 0 Å². The number of nitrogens with one attached hydrogen (secondary N) is 1. The van der Waals surface area contributed by atoms with Gasteiger partial charge in [0.1, 0.15) is 5.82 Å². The summed E-state index contributed by atoms with van der Waals surface area (Å²) in [6, 6.07) is 3.94. The second-order valence-electron chi connectivity index (χ2n) is 9.77. The zero-order chi connectivity index (χ0) is 22.8. The summed E-state index contributed by atoms with van der Waals surface area (Å²) in [7, 11) is 1.91. The molecule has 4 aliphatic rings. The first-order valence-corrected chi connectivity index (χ1v) is 12.2. The van der Waals surface area contributed by atoms with Crippen molar-refractivity contribution in [1.29, 1.82) is 0 Å². The van der Waals surface area contributed by atoms with Gasteiger partial charge < -0.3 is 10.2 Å². The van der Waals surface area contributed by atoms with Crippen molar-refractivity contribution in [3.05, 3.63) is 60.0 Å². The van der Waals surface area contributed by atoms with Gasteiger partial charge in [0.2, 0.25) is 5.91 Å². The van der Waals surface area contributed by atoms with Crippen molar-refractivity contribution < 1.29 is 9.59 Å². The average Bonchev–Trinajstić information content (AvgIpc) is 3.21. The van der Waals surface area contributed by atoms with E-state index in [0.29, 0.717) is 18.0 Å². The molecule has 2 unspecified atom stereocenters. The van der Waals surface area contributed by atoms with Gasteiger partial charge in [0.15, 0.2) is 5.78 Å². The minimum atomic E-state index is -0.0256. The van der Waals surface area contributed by atoms with E-state index in [-0.39, 0.29) is 29.6 Å². The van der Waals surface area contributed by atoms with Crippen LogP contribution in [0.1, 0.15) is 55.3 Å². The number of rotatable bonds is 7. The molecule has 1 N–H and O–H groups in total. The average molecular weight is 445 g/mol. The van der Waals surface area contributed by atoms with Crippen molar-refractivity contribution >= 4 is 23.2 Å². The number of anilines is 1. The fourth-order valence-corrected chi connectivity index (χ4v) is 5.26. The highest BCUT2D eigenvalue weighted by molar-refractivity contribution is 5.98. The van der Waals surface area contributed by atoms with E-state index < -0.39 is 0 Å². The molecular formula is C27H32N4O2. The van der Waals surface area contributed by atoms with Crippen LogP contribution in [0.15, 0.2) is 59.4 Å². The Morgan fingerprint density at radius 2 is 2.00 bits per heavy atom. The van der Waals surface area contributed by atoms with Gasteiger partial charge in [-0.25, -0.2) is 4.98 Å². The van der Waals surface area contributed by atoms with Crippen LogP contribution in [-0.4, -0.2) is 46.9 Å². The SMILES string of the molecule is CN(C(=O)C1CCC1)[C@H]1CCC(C(=O)c2ccc(NCC3=CN=C4C=CC=CC3C4)nc2)C1. The van der Waals surface area contributed by atoms with Gasteiger partial charge in [0.05, 0.1) is 0 Å². The van der Waals surface area contributed by atoms with Crippen LogP contribution in [0.2, 0.25) is 0 Å². The van der Waals surface area contributed by atoms with Crippen LogP contribution < -0.4 is 5.32 Å². The summed E-state index contributed by atoms with van der Waals surface area (Å²) < 4.78 is 0. The highest BCUT2D eigenvalue weighted by Gasteiger charge is 2.37. The van der Waals surface area contributed by atoms with Gasteiger partial charge in [0.25, 0.3) is 0 Å². The zero-order valence-electron chi connectivity index (χ0n) is 19.2. The topological polar surface area (TPSA) is 74.7 Å². The van der Waals surface area contributed by atoms with Crippen molar-refractivity contribution in [1.82, 2.24) is 9.88 Å². The number of hydrogen-bond acceptors (Lipinski definition) is 5. The van der Waals surface area contributed by atoms with Gasteiger partial charge >= 0.3 is 0 Å². The van der Waals surface area contributed by atoms with Gasteiger partial charge in [-0.3, -0.25) is 14.6 Å². The summed E-state index contributed by atoms with van der Waals surface area (Å²) >= 11 is 0. The van der Waals surface area contributed by atoms with E-state index in [1.165, 1.54) is 5.57 Å². The summed E-state index contributed by atoms with van der Waals surface area (Å²) in [5.74, 6) is 1.72. The molecular weight excluding hydrogens is 412 g/mol. The number of pyridine rings is 1. The molecule has 1 aromatic heterocycles. The Hall–Kier alpha value is -3.02. The Balaban J connectivity index is 1.14. The van der Waals surface area contributed by atoms with Gasteiger partial charge in [-0.1, -0.05) is 24.6 Å². The van der Waals surface area contributed by atoms with Crippen LogP contribution in [0.5, 0.6) is 0 Å². The third kappa shape index (κ3) is 4.70. The van der Waals surface area contributed by atoms with Crippen molar-refractivity contribution in [2.24, 2.45) is 22.7 Å². The molecule has 2 fully saturated rings. The molecule has 1 amide bonds. The molecule has 0 saturated heterocycles. The molecule has 2 saturated carbocycles. The largest absolute Gasteiger partial charge is 0.366 e. The fourth-order valence-electron chi connectivity index (χ4n) is 5.26. The minimum Gasteiger partial charge on any atom is -0.366 e. The van der Waals surface area contributed by atoms with E-state index in [4.69, 9.17) is 0 Å². The lowest BCUT2D eigenvalue weighted by Crippen LogP contribution is -2.41. The zero-order valence-corrected chi connectivity index (χ0v) is 19.2. The van der Waals surface area contributed by atoms with E-state index in [1.807, 2.05) is 36.4 Å². The lowest BCUT2D eigenvalue weighted by atomic mass is 9.84. The number of ketones is 1. The van der Waals surface area contributed by atoms with Gasteiger partial charge in [-0.05, 0) is 62.3 Å². The van der Waals surface area contributed by atoms with Crippen LogP contribution in [0.3, 0.4) is 0 Å². The number of nitrogens with zero attached hydrogens (tertiary/aromatic N) is 3. The van der Waals surface area contributed by atoms with Gasteiger partial charge in [0, 0.05) is 61.1 Å². The summed E-state index contributed by atoms with van der Waals surface area (Å²) in [5.41, 5.74) is 3.00. The summed E-state index contributed by atoms with van der Waals surface area (Å²) in [4.78, 5) is 36.5. The number of carbonyl (C=O) groups excluding carboxylic acids is 2. The quantitative estimate of drug-likeness (QED) is 0.625. The van der Waals surface area contributed by atoms with Crippen LogP contribution in [0.25, 0.3) is 0 Å². The maximum atomic E-state index is 13.1. The molecule has 33 heavy (non-hydrogen) atoms. The Labute approximate surface area is 195 Å². The Kier molecular flexibility index (Phi) is 6.25. The molecule has 1 aliphatic heterocycles. The molecule has 172 valence electrons. The monoisotopic (exact) mass is 444 g/mol. The Morgan fingerprint density at radius 3 is 2.76 bits per heavy atom. The second kappa shape index (κ2) is 9.46. The number of Topliss-reactive ketones (excluding diaryl/α,β-unsaturated/α-hetero) is 1. The predicted molar refractivity (Wildman–Crippen MR) is 130 cm³/mol. The molecule has 5 rings (SSSR count). The maximum Gasteiger partial charge on any atom is 0.225 e. The first-order valence-electron chi connectivity index (χ1n) is 12.2. The van der Waals surface area contributed by atoms with Crippen molar-refractivity contribution in [2.45, 2.75) is 51.0 Å². The van der Waals surface area contributed by atoms with Crippen molar-refractivity contribution in [3.63, 3.8) is 0 Å². The number of amides is 1. The molecule has 0 radical (unpaired) electrons. The normalized spacial score (nSPS) is 26.2. The molecule has 0 spiro atoms. The molecule has 3 atom stereocenters. The van der Waals surface area contributed by atoms with E-state index in [1.54, 1.807) is 6.20 Å². The molecule has 3 aliphatic carbocycles. The molecule has 6 heteroatoms. The third-order valence-corrected chi connectivity index (χ3v) is 7.69. The molecule has 2 bridgehead atoms. The highest BCUT2D eigenvalue weighted by atomic mass is 16.2. The standard InChI is InChI=1S/C27H32N4O2/c1-31(27(33)18-6-4-7-18)24-11-9-20(14-24)26(32)21-10-12-25(29-15-21)30-17-22-16-28-23-8-3-2-5-19(22)13-23/h2-3,5,8,10,12,15-16,18-20,24H,4,6-7,9,11,13-14,17H2,1H3,(H,29,30)/t19?,20?,24-/m0/s1. The molecule has 0 aromatic carbocycles. The smallest absolute Gasteiger partial charge is 0.225 e. The van der Waals surface area contributed by atoms with Crippen LogP contribution in [0.4, 0.5) is 5.82 Å². The predicted octanol–water partition coefficient (Wildman–Crippen LogP) is 4.57. The van der Waals surface area contributed by atoms with Crippen LogP contribution in [-0.2, 0) is 4.79 Å².